The minimum atomic E-state index is 0. The zero-order valence-corrected chi connectivity index (χ0v) is 17.9. The first-order chi connectivity index (χ1) is 9.79. The molecule has 2 radical (unpaired) electrons. The van der Waals surface area contributed by atoms with Gasteiger partial charge in [-0.25, -0.2) is 0 Å². The van der Waals surface area contributed by atoms with Gasteiger partial charge in [-0.1, -0.05) is 11.4 Å². The molecule has 0 atom stereocenters. The van der Waals surface area contributed by atoms with E-state index in [1.54, 1.807) is 54.6 Å². The second-order valence-electron chi connectivity index (χ2n) is 3.67. The van der Waals surface area contributed by atoms with Crippen molar-refractivity contribution in [2.75, 3.05) is 11.5 Å². The van der Waals surface area contributed by atoms with Gasteiger partial charge < -0.3 is 29.7 Å². The first kappa shape index (κ1) is 23.7. The molecule has 0 saturated heterocycles. The van der Waals surface area contributed by atoms with Crippen LogP contribution in [0.15, 0.2) is 72.8 Å². The van der Waals surface area contributed by atoms with Crippen molar-refractivity contribution in [2.45, 2.75) is 0 Å². The Kier molecular flexibility index (Phi) is 18.2. The summed E-state index contributed by atoms with van der Waals surface area (Å²) >= 11 is 0. The normalized spacial score (nSPS) is 7.64. The maximum Gasteiger partial charge on any atom is 0 e. The van der Waals surface area contributed by atoms with Crippen LogP contribution in [0.5, 0.6) is 0 Å². The van der Waals surface area contributed by atoms with E-state index in [2.05, 4.69) is 24.3 Å². The molecule has 4 N–H and O–H groups in total. The monoisotopic (exact) mass is 438 g/mol. The Balaban J connectivity index is 0. The number of nitrogens with two attached hydrogens (primary N) is 2. The summed E-state index contributed by atoms with van der Waals surface area (Å²) < 4.78 is 0. The fraction of sp³-hybridized carbons (Fsp3) is 0. The van der Waals surface area contributed by atoms with Gasteiger partial charge in [-0.2, -0.15) is 36.4 Å². The van der Waals surface area contributed by atoms with Crippen LogP contribution in [0.25, 0.3) is 0 Å². The standard InChI is InChI=1S/2C6H6N.C6H4.2Y/c2*7-6-4-2-1-3-5-6;1-2-4-6-5-3-1;;/h2*2-5H,7H2;1-3,6H;;/q2*-1;-2;;. The quantitative estimate of drug-likeness (QED) is 0.418. The van der Waals surface area contributed by atoms with Gasteiger partial charge >= 0.3 is 0 Å². The Labute approximate surface area is 183 Å². The van der Waals surface area contributed by atoms with E-state index in [-0.39, 0.29) is 65.4 Å². The maximum atomic E-state index is 5.34. The molecular formula is C18H16N2Y2-4. The van der Waals surface area contributed by atoms with Crippen molar-refractivity contribution in [2.24, 2.45) is 0 Å². The maximum absolute atomic E-state index is 5.34. The number of hydrogen-bond donors (Lipinski definition) is 2. The number of hydrogen-bond acceptors (Lipinski definition) is 2. The molecule has 0 unspecified atom stereocenters. The van der Waals surface area contributed by atoms with E-state index in [9.17, 15) is 0 Å². The third-order valence-electron chi connectivity index (χ3n) is 2.04. The fourth-order valence-corrected chi connectivity index (χ4v) is 1.10. The molecule has 3 aromatic carbocycles. The van der Waals surface area contributed by atoms with E-state index in [1.807, 2.05) is 18.2 Å². The van der Waals surface area contributed by atoms with Gasteiger partial charge in [0.15, 0.2) is 0 Å². The van der Waals surface area contributed by atoms with Gasteiger partial charge in [0.25, 0.3) is 0 Å². The predicted octanol–water partition coefficient (Wildman–Crippen LogP) is 3.42. The average molecular weight is 438 g/mol. The van der Waals surface area contributed by atoms with Gasteiger partial charge in [-0.05, 0) is 0 Å². The molecule has 4 heteroatoms. The van der Waals surface area contributed by atoms with Crippen LogP contribution < -0.4 is 11.5 Å². The molecule has 108 valence electrons. The van der Waals surface area contributed by atoms with Crippen LogP contribution in [0.4, 0.5) is 11.4 Å². The van der Waals surface area contributed by atoms with E-state index in [1.165, 1.54) is 0 Å². The van der Waals surface area contributed by atoms with Gasteiger partial charge in [-0.15, -0.1) is 24.3 Å². The van der Waals surface area contributed by atoms with Crippen molar-refractivity contribution in [3.05, 3.63) is 97.1 Å². The average Bonchev–Trinajstić information content (AvgIpc) is 2.52. The van der Waals surface area contributed by atoms with Crippen LogP contribution in [-0.2, 0) is 65.4 Å². The van der Waals surface area contributed by atoms with Crippen LogP contribution in [0, 0.1) is 24.3 Å². The molecule has 0 aliphatic heterocycles. The van der Waals surface area contributed by atoms with Gasteiger partial charge in [0, 0.05) is 65.4 Å². The fourth-order valence-electron chi connectivity index (χ4n) is 1.10. The summed E-state index contributed by atoms with van der Waals surface area (Å²) in [6, 6.07) is 33.1. The van der Waals surface area contributed by atoms with Gasteiger partial charge in [0.1, 0.15) is 0 Å². The molecule has 22 heavy (non-hydrogen) atoms. The van der Waals surface area contributed by atoms with E-state index in [0.717, 1.165) is 11.4 Å². The largest absolute Gasteiger partial charge is 0.419 e. The van der Waals surface area contributed by atoms with Crippen LogP contribution >= 0.6 is 0 Å². The second-order valence-corrected chi connectivity index (χ2v) is 3.67. The molecule has 2 nitrogen and oxygen atoms in total. The third-order valence-corrected chi connectivity index (χ3v) is 2.04. The van der Waals surface area contributed by atoms with Crippen molar-refractivity contribution in [1.82, 2.24) is 0 Å². The van der Waals surface area contributed by atoms with E-state index < -0.39 is 0 Å². The van der Waals surface area contributed by atoms with Gasteiger partial charge in [-0.3, -0.25) is 18.2 Å². The summed E-state index contributed by atoms with van der Waals surface area (Å²) in [6.45, 7) is 0. The summed E-state index contributed by atoms with van der Waals surface area (Å²) in [6.07, 6.45) is 0. The Bertz CT molecular complexity index is 482. The molecule has 0 aliphatic rings. The van der Waals surface area contributed by atoms with Crippen molar-refractivity contribution in [1.29, 1.82) is 0 Å². The summed E-state index contributed by atoms with van der Waals surface area (Å²) in [5.41, 5.74) is 12.3. The Morgan fingerprint density at radius 1 is 0.545 bits per heavy atom. The summed E-state index contributed by atoms with van der Waals surface area (Å²) in [4.78, 5) is 0. The molecule has 0 saturated carbocycles. The summed E-state index contributed by atoms with van der Waals surface area (Å²) in [7, 11) is 0. The smallest absolute Gasteiger partial charge is 0 e. The van der Waals surface area contributed by atoms with Crippen LogP contribution in [0.2, 0.25) is 0 Å². The SMILES string of the molecule is Nc1cc[c-]cc1.Nc1cc[c-]cc1.[Y].[Y].[c-]1c[c-]ccc1. The molecule has 0 fully saturated rings. The van der Waals surface area contributed by atoms with Crippen LogP contribution in [0.3, 0.4) is 0 Å². The van der Waals surface area contributed by atoms with Crippen molar-refractivity contribution in [3.63, 3.8) is 0 Å². The van der Waals surface area contributed by atoms with Crippen LogP contribution in [-0.4, -0.2) is 0 Å². The predicted molar refractivity (Wildman–Crippen MR) is 83.5 cm³/mol. The molecule has 3 aromatic rings. The molecule has 3 rings (SSSR count). The number of benzene rings is 3. The zero-order valence-electron chi connectivity index (χ0n) is 12.2. The second kappa shape index (κ2) is 16.8. The number of rotatable bonds is 0. The van der Waals surface area contributed by atoms with Gasteiger partial charge in [0.2, 0.25) is 0 Å². The molecule has 0 amide bonds. The molecule has 0 aromatic heterocycles. The van der Waals surface area contributed by atoms with Gasteiger partial charge in [0.05, 0.1) is 0 Å². The Morgan fingerprint density at radius 3 is 1.05 bits per heavy atom. The topological polar surface area (TPSA) is 52.0 Å². The van der Waals surface area contributed by atoms with Crippen LogP contribution in [0.1, 0.15) is 0 Å². The van der Waals surface area contributed by atoms with E-state index in [0.29, 0.717) is 0 Å². The molecular weight excluding hydrogens is 422 g/mol. The Hall–Kier alpha value is -0.532. The van der Waals surface area contributed by atoms with E-state index >= 15 is 0 Å². The first-order valence-corrected chi connectivity index (χ1v) is 6.04. The summed E-state index contributed by atoms with van der Waals surface area (Å²) in [5, 5.41) is 0. The molecule has 0 heterocycles. The van der Waals surface area contributed by atoms with E-state index in [4.69, 9.17) is 11.5 Å². The van der Waals surface area contributed by atoms with Crippen molar-refractivity contribution < 1.29 is 65.4 Å². The number of anilines is 2. The minimum Gasteiger partial charge on any atom is -0.419 e. The molecule has 0 aliphatic carbocycles. The minimum absolute atomic E-state index is 0. The van der Waals surface area contributed by atoms with Crippen molar-refractivity contribution in [3.8, 4) is 0 Å². The molecule has 0 spiro atoms. The summed E-state index contributed by atoms with van der Waals surface area (Å²) in [5.74, 6) is 0. The zero-order chi connectivity index (χ0) is 14.5. The third kappa shape index (κ3) is 14.4. The Morgan fingerprint density at radius 2 is 0.909 bits per heavy atom. The first-order valence-electron chi connectivity index (χ1n) is 6.04. The van der Waals surface area contributed by atoms with Crippen molar-refractivity contribution >= 4 is 11.4 Å². The molecule has 0 bridgehead atoms. The number of nitrogen functional groups attached to an aromatic ring is 2.